The van der Waals surface area contributed by atoms with Gasteiger partial charge in [0.05, 0.1) is 24.2 Å². The Balaban J connectivity index is 2.04. The van der Waals surface area contributed by atoms with E-state index in [4.69, 9.17) is 16.3 Å². The number of hydrogen-bond donors (Lipinski definition) is 0. The predicted octanol–water partition coefficient (Wildman–Crippen LogP) is 4.14. The maximum atomic E-state index is 13.3. The highest BCUT2D eigenvalue weighted by Crippen LogP contribution is 2.28. The van der Waals surface area contributed by atoms with E-state index in [-0.39, 0.29) is 11.4 Å². The summed E-state index contributed by atoms with van der Waals surface area (Å²) in [5, 5.41) is 0.539. The van der Waals surface area contributed by atoms with Crippen LogP contribution in [-0.4, -0.2) is 20.5 Å². The molecule has 0 fully saturated rings. The predicted molar refractivity (Wildman–Crippen MR) is 102 cm³/mol. The molecule has 0 bridgehead atoms. The van der Waals surface area contributed by atoms with Crippen LogP contribution in [0.3, 0.4) is 0 Å². The lowest BCUT2D eigenvalue weighted by molar-refractivity contribution is 0.414. The first kappa shape index (κ1) is 18.2. The molecule has 26 heavy (non-hydrogen) atoms. The SMILES string of the molecule is COc1ccc(S(=O)(=O)N(Cc2cccnc2)c2ccc(Cl)cc2)cc1. The minimum absolute atomic E-state index is 0.157. The quantitative estimate of drug-likeness (QED) is 0.636. The van der Waals surface area contributed by atoms with Crippen molar-refractivity contribution in [3.8, 4) is 5.75 Å². The van der Waals surface area contributed by atoms with Gasteiger partial charge in [-0.2, -0.15) is 0 Å². The minimum Gasteiger partial charge on any atom is -0.497 e. The molecule has 3 rings (SSSR count). The molecule has 0 spiro atoms. The van der Waals surface area contributed by atoms with Gasteiger partial charge in [-0.25, -0.2) is 8.42 Å². The smallest absolute Gasteiger partial charge is 0.264 e. The molecule has 0 N–H and O–H groups in total. The molecule has 0 aliphatic heterocycles. The first-order valence-corrected chi connectivity index (χ1v) is 9.64. The molecule has 0 saturated carbocycles. The van der Waals surface area contributed by atoms with Gasteiger partial charge in [-0.1, -0.05) is 17.7 Å². The van der Waals surface area contributed by atoms with Crippen LogP contribution in [0.2, 0.25) is 5.02 Å². The number of benzene rings is 2. The van der Waals surface area contributed by atoms with E-state index in [1.807, 2.05) is 6.07 Å². The fourth-order valence-corrected chi connectivity index (χ4v) is 4.03. The van der Waals surface area contributed by atoms with Crippen LogP contribution in [0.5, 0.6) is 5.75 Å². The van der Waals surface area contributed by atoms with Gasteiger partial charge in [-0.05, 0) is 60.2 Å². The van der Waals surface area contributed by atoms with Crippen molar-refractivity contribution in [2.24, 2.45) is 0 Å². The summed E-state index contributed by atoms with van der Waals surface area (Å²) in [6.07, 6.45) is 3.29. The summed E-state index contributed by atoms with van der Waals surface area (Å²) < 4.78 is 32.9. The average Bonchev–Trinajstić information content (AvgIpc) is 2.68. The Kier molecular flexibility index (Phi) is 5.44. The first-order chi connectivity index (χ1) is 12.5. The van der Waals surface area contributed by atoms with Gasteiger partial charge < -0.3 is 4.74 Å². The third-order valence-corrected chi connectivity index (χ3v) is 5.85. The summed E-state index contributed by atoms with van der Waals surface area (Å²) in [6, 6.07) is 16.6. The summed E-state index contributed by atoms with van der Waals surface area (Å²) in [4.78, 5) is 4.24. The normalized spacial score (nSPS) is 11.2. The Hall–Kier alpha value is -2.57. The molecule has 5 nitrogen and oxygen atoms in total. The number of methoxy groups -OCH3 is 1. The zero-order valence-corrected chi connectivity index (χ0v) is 15.6. The van der Waals surface area contributed by atoms with Crippen molar-refractivity contribution < 1.29 is 13.2 Å². The zero-order valence-electron chi connectivity index (χ0n) is 14.0. The second-order valence-electron chi connectivity index (χ2n) is 5.52. The lowest BCUT2D eigenvalue weighted by Gasteiger charge is -2.24. The highest BCUT2D eigenvalue weighted by Gasteiger charge is 2.25. The first-order valence-electron chi connectivity index (χ1n) is 7.82. The standard InChI is InChI=1S/C19H17ClN2O3S/c1-25-18-8-10-19(11-9-18)26(23,24)22(14-15-3-2-12-21-13-15)17-6-4-16(20)5-7-17/h2-13H,14H2,1H3. The van der Waals surface area contributed by atoms with E-state index >= 15 is 0 Å². The second-order valence-corrected chi connectivity index (χ2v) is 7.82. The van der Waals surface area contributed by atoms with Crippen molar-refractivity contribution in [1.82, 2.24) is 4.98 Å². The van der Waals surface area contributed by atoms with E-state index in [1.165, 1.54) is 23.5 Å². The van der Waals surface area contributed by atoms with Crippen molar-refractivity contribution in [3.05, 3.63) is 83.6 Å². The summed E-state index contributed by atoms with van der Waals surface area (Å²) in [6.45, 7) is 0.157. The number of hydrogen-bond acceptors (Lipinski definition) is 4. The Labute approximate surface area is 157 Å². The number of halogens is 1. The van der Waals surface area contributed by atoms with Crippen molar-refractivity contribution in [1.29, 1.82) is 0 Å². The Morgan fingerprint density at radius 3 is 2.31 bits per heavy atom. The molecule has 0 amide bonds. The number of pyridine rings is 1. The van der Waals surface area contributed by atoms with E-state index in [2.05, 4.69) is 4.98 Å². The van der Waals surface area contributed by atoms with Gasteiger partial charge in [0.1, 0.15) is 5.75 Å². The minimum atomic E-state index is -3.78. The summed E-state index contributed by atoms with van der Waals surface area (Å²) in [5.41, 5.74) is 1.30. The van der Waals surface area contributed by atoms with Gasteiger partial charge in [0.15, 0.2) is 0 Å². The number of anilines is 1. The third kappa shape index (κ3) is 3.98. The summed E-state index contributed by atoms with van der Waals surface area (Å²) >= 11 is 5.95. The monoisotopic (exact) mass is 388 g/mol. The number of sulfonamides is 1. The molecule has 0 aliphatic rings. The van der Waals surface area contributed by atoms with Gasteiger partial charge in [0, 0.05) is 17.4 Å². The molecule has 0 saturated heterocycles. The average molecular weight is 389 g/mol. The maximum absolute atomic E-state index is 13.3. The molecule has 0 radical (unpaired) electrons. The number of ether oxygens (including phenoxy) is 1. The molecule has 7 heteroatoms. The van der Waals surface area contributed by atoms with Gasteiger partial charge in [0.25, 0.3) is 10.0 Å². The van der Waals surface area contributed by atoms with Crippen molar-refractivity contribution in [2.75, 3.05) is 11.4 Å². The number of nitrogens with zero attached hydrogens (tertiary/aromatic N) is 2. The molecular weight excluding hydrogens is 372 g/mol. The molecule has 0 unspecified atom stereocenters. The van der Waals surface area contributed by atoms with Crippen LogP contribution in [0, 0.1) is 0 Å². The van der Waals surface area contributed by atoms with E-state index < -0.39 is 10.0 Å². The number of aromatic nitrogens is 1. The van der Waals surface area contributed by atoms with E-state index in [0.717, 1.165) is 5.56 Å². The molecule has 134 valence electrons. The fraction of sp³-hybridized carbons (Fsp3) is 0.105. The summed E-state index contributed by atoms with van der Waals surface area (Å²) in [7, 11) is -2.25. The van der Waals surface area contributed by atoms with Gasteiger partial charge >= 0.3 is 0 Å². The highest BCUT2D eigenvalue weighted by molar-refractivity contribution is 7.92. The molecule has 1 heterocycles. The fourth-order valence-electron chi connectivity index (χ4n) is 2.45. The Morgan fingerprint density at radius 2 is 1.73 bits per heavy atom. The molecule has 0 aliphatic carbocycles. The Bertz CT molecular complexity index is 960. The van der Waals surface area contributed by atoms with Gasteiger partial charge in [-0.15, -0.1) is 0 Å². The van der Waals surface area contributed by atoms with E-state index in [1.54, 1.807) is 54.9 Å². The van der Waals surface area contributed by atoms with E-state index in [0.29, 0.717) is 16.5 Å². The molecular formula is C19H17ClN2O3S. The largest absolute Gasteiger partial charge is 0.497 e. The molecule has 0 atom stereocenters. The van der Waals surface area contributed by atoms with Crippen molar-refractivity contribution in [2.45, 2.75) is 11.4 Å². The van der Waals surface area contributed by atoms with Gasteiger partial charge in [0.2, 0.25) is 0 Å². The topological polar surface area (TPSA) is 59.5 Å². The lowest BCUT2D eigenvalue weighted by atomic mass is 10.2. The molecule has 2 aromatic carbocycles. The molecule has 1 aromatic heterocycles. The van der Waals surface area contributed by atoms with Gasteiger partial charge in [-0.3, -0.25) is 9.29 Å². The highest BCUT2D eigenvalue weighted by atomic mass is 35.5. The number of rotatable bonds is 6. The zero-order chi connectivity index (χ0) is 18.6. The van der Waals surface area contributed by atoms with Crippen molar-refractivity contribution in [3.63, 3.8) is 0 Å². The molecule has 3 aromatic rings. The van der Waals surface area contributed by atoms with Crippen LogP contribution in [0.15, 0.2) is 78.0 Å². The van der Waals surface area contributed by atoms with E-state index in [9.17, 15) is 8.42 Å². The summed E-state index contributed by atoms with van der Waals surface area (Å²) in [5.74, 6) is 0.592. The van der Waals surface area contributed by atoms with Crippen molar-refractivity contribution >= 4 is 27.3 Å². The second kappa shape index (κ2) is 7.76. The van der Waals surface area contributed by atoms with Crippen LogP contribution < -0.4 is 9.04 Å². The van der Waals surface area contributed by atoms with Crippen LogP contribution in [0.1, 0.15) is 5.56 Å². The Morgan fingerprint density at radius 1 is 1.04 bits per heavy atom. The maximum Gasteiger partial charge on any atom is 0.264 e. The van der Waals surface area contributed by atoms with Crippen LogP contribution >= 0.6 is 11.6 Å². The van der Waals surface area contributed by atoms with Crippen LogP contribution in [-0.2, 0) is 16.6 Å². The van der Waals surface area contributed by atoms with Crippen LogP contribution in [0.25, 0.3) is 0 Å². The van der Waals surface area contributed by atoms with Crippen LogP contribution in [0.4, 0.5) is 5.69 Å². The lowest BCUT2D eigenvalue weighted by Crippen LogP contribution is -2.30. The third-order valence-electron chi connectivity index (χ3n) is 3.81.